The zero-order chi connectivity index (χ0) is 5.70. The lowest BCUT2D eigenvalue weighted by Gasteiger charge is -1.50. The van der Waals surface area contributed by atoms with Crippen molar-refractivity contribution >= 4 is 0 Å². The summed E-state index contributed by atoms with van der Waals surface area (Å²) in [5.74, 6) is 0. The number of hydrogen-bond donors (Lipinski definition) is 1. The van der Waals surface area contributed by atoms with Gasteiger partial charge in [0.25, 0.3) is 0 Å². The van der Waals surface area contributed by atoms with Crippen molar-refractivity contribution in [3.63, 3.8) is 0 Å². The Bertz CT molecular complexity index is 48.0. The summed E-state index contributed by atoms with van der Waals surface area (Å²) >= 11 is 0. The summed E-state index contributed by atoms with van der Waals surface area (Å²) in [4.78, 5) is 0. The molecule has 1 heterocycles. The van der Waals surface area contributed by atoms with E-state index >= 15 is 0 Å². The Kier molecular flexibility index (Phi) is 3.42. The van der Waals surface area contributed by atoms with Gasteiger partial charge in [0.1, 0.15) is 0 Å². The van der Waals surface area contributed by atoms with E-state index in [1.807, 2.05) is 0 Å². The summed E-state index contributed by atoms with van der Waals surface area (Å²) < 4.78 is 4.71. The Balaban J connectivity index is 0.000000110. The molecule has 0 spiro atoms. The number of aliphatic hydroxyl groups is 1. The van der Waals surface area contributed by atoms with Gasteiger partial charge in [0, 0.05) is 0 Å². The number of hydrogen-bond acceptors (Lipinski definition) is 2. The van der Waals surface area contributed by atoms with Gasteiger partial charge in [-0.1, -0.05) is 6.58 Å². The topological polar surface area (TPSA) is 32.8 Å². The van der Waals surface area contributed by atoms with Gasteiger partial charge in [-0.05, 0) is 6.92 Å². The minimum Gasteiger partial charge on any atom is -0.516 e. The van der Waals surface area contributed by atoms with E-state index in [9.17, 15) is 0 Å². The summed E-state index contributed by atoms with van der Waals surface area (Å²) in [6.45, 7) is 5.96. The molecule has 0 aromatic carbocycles. The summed E-state index contributed by atoms with van der Waals surface area (Å²) in [6.07, 6.45) is 1.33. The van der Waals surface area contributed by atoms with Crippen molar-refractivity contribution in [2.24, 2.45) is 0 Å². The summed E-state index contributed by atoms with van der Waals surface area (Å²) in [5, 5.41) is 7.33. The van der Waals surface area contributed by atoms with Crippen LogP contribution >= 0.6 is 0 Å². The number of ether oxygens (including phenoxy) is 1. The Labute approximate surface area is 43.4 Å². The van der Waals surface area contributed by atoms with Crippen LogP contribution in [0.4, 0.5) is 0 Å². The molecule has 0 aromatic rings. The smallest absolute Gasteiger partial charge is 0.0781 e. The lowest BCUT2D eigenvalue weighted by atomic mass is 10.6. The molecule has 1 unspecified atom stereocenters. The number of aliphatic hydroxyl groups excluding tert-OH is 1. The Morgan fingerprint density at radius 3 is 2.14 bits per heavy atom. The summed E-state index contributed by atoms with van der Waals surface area (Å²) in [6, 6.07) is 0. The van der Waals surface area contributed by atoms with Crippen LogP contribution in [0.3, 0.4) is 0 Å². The maximum absolute atomic E-state index is 7.33. The van der Waals surface area contributed by atoms with Gasteiger partial charge in [-0.2, -0.15) is 0 Å². The standard InChI is InChI=1S/C3H6O.C2H4O/c1-3-2-4-3;1-2-3/h3H,2H2,1H3;2-3H,1H2. The molecule has 2 heteroatoms. The molecule has 0 aliphatic carbocycles. The van der Waals surface area contributed by atoms with Crippen molar-refractivity contribution in [2.75, 3.05) is 6.61 Å². The third kappa shape index (κ3) is 10.8. The highest BCUT2D eigenvalue weighted by atomic mass is 16.6. The number of rotatable bonds is 0. The molecule has 0 amide bonds. The molecule has 1 aliphatic rings. The first-order valence-electron chi connectivity index (χ1n) is 2.18. The Morgan fingerprint density at radius 1 is 2.00 bits per heavy atom. The minimum absolute atomic E-state index is 0.583. The quantitative estimate of drug-likeness (QED) is 0.367. The molecule has 1 aliphatic heterocycles. The van der Waals surface area contributed by atoms with Crippen molar-refractivity contribution in [3.8, 4) is 0 Å². The van der Waals surface area contributed by atoms with Gasteiger partial charge in [0.15, 0.2) is 0 Å². The highest BCUT2D eigenvalue weighted by Crippen LogP contribution is 2.04. The Morgan fingerprint density at radius 2 is 2.14 bits per heavy atom. The molecule has 1 rings (SSSR count). The van der Waals surface area contributed by atoms with E-state index < -0.39 is 0 Å². The zero-order valence-electron chi connectivity index (χ0n) is 4.42. The summed E-state index contributed by atoms with van der Waals surface area (Å²) in [5.41, 5.74) is 0. The fourth-order valence-electron chi connectivity index (χ4n) is 0.0962. The predicted octanol–water partition coefficient (Wildman–Crippen LogP) is 1.09. The second-order valence-electron chi connectivity index (χ2n) is 1.33. The van der Waals surface area contributed by atoms with Gasteiger partial charge >= 0.3 is 0 Å². The van der Waals surface area contributed by atoms with E-state index in [1.165, 1.54) is 0 Å². The predicted molar refractivity (Wildman–Crippen MR) is 28.2 cm³/mol. The molecule has 1 N–H and O–H groups in total. The first-order chi connectivity index (χ1) is 3.31. The lowest BCUT2D eigenvalue weighted by Crippen LogP contribution is -1.60. The van der Waals surface area contributed by atoms with Crippen LogP contribution in [0.25, 0.3) is 0 Å². The van der Waals surface area contributed by atoms with Gasteiger partial charge in [-0.15, -0.1) is 0 Å². The van der Waals surface area contributed by atoms with E-state index in [2.05, 4.69) is 13.5 Å². The van der Waals surface area contributed by atoms with Crippen LogP contribution in [0.15, 0.2) is 12.8 Å². The normalized spacial score (nSPS) is 24.4. The first kappa shape index (κ1) is 6.50. The molecule has 1 saturated heterocycles. The fourth-order valence-corrected chi connectivity index (χ4v) is 0.0962. The van der Waals surface area contributed by atoms with Gasteiger partial charge in [0.2, 0.25) is 0 Å². The molecule has 2 nitrogen and oxygen atoms in total. The van der Waals surface area contributed by atoms with E-state index in [1.54, 1.807) is 0 Å². The van der Waals surface area contributed by atoms with Crippen LogP contribution in [0.5, 0.6) is 0 Å². The highest BCUT2D eigenvalue weighted by Gasteiger charge is 2.13. The van der Waals surface area contributed by atoms with Crippen LogP contribution in [0, 0.1) is 0 Å². The molecule has 0 bridgehead atoms. The molecule has 0 aromatic heterocycles. The fraction of sp³-hybridized carbons (Fsp3) is 0.600. The average Bonchev–Trinajstić information content (AvgIpc) is 2.25. The van der Waals surface area contributed by atoms with Crippen molar-refractivity contribution in [1.82, 2.24) is 0 Å². The lowest BCUT2D eigenvalue weighted by molar-refractivity contribution is 0.423. The monoisotopic (exact) mass is 102 g/mol. The van der Waals surface area contributed by atoms with E-state index in [0.29, 0.717) is 6.10 Å². The van der Waals surface area contributed by atoms with Crippen LogP contribution < -0.4 is 0 Å². The molecule has 7 heavy (non-hydrogen) atoms. The van der Waals surface area contributed by atoms with Crippen molar-refractivity contribution in [1.29, 1.82) is 0 Å². The molecule has 0 radical (unpaired) electrons. The minimum atomic E-state index is 0.583. The van der Waals surface area contributed by atoms with E-state index in [0.717, 1.165) is 12.9 Å². The van der Waals surface area contributed by atoms with Gasteiger partial charge in [0.05, 0.1) is 19.0 Å². The maximum atomic E-state index is 7.33. The molecule has 42 valence electrons. The van der Waals surface area contributed by atoms with Crippen molar-refractivity contribution in [3.05, 3.63) is 12.8 Å². The van der Waals surface area contributed by atoms with Crippen LogP contribution in [-0.4, -0.2) is 17.8 Å². The van der Waals surface area contributed by atoms with Crippen molar-refractivity contribution < 1.29 is 9.84 Å². The number of epoxide rings is 1. The molecular formula is C5H10O2. The highest BCUT2D eigenvalue weighted by molar-refractivity contribution is 4.58. The van der Waals surface area contributed by atoms with Crippen LogP contribution in [-0.2, 0) is 4.74 Å². The SMILES string of the molecule is C=CO.CC1CO1. The maximum Gasteiger partial charge on any atom is 0.0781 e. The van der Waals surface area contributed by atoms with E-state index in [-0.39, 0.29) is 0 Å². The van der Waals surface area contributed by atoms with Crippen LogP contribution in [0.1, 0.15) is 6.92 Å². The molecule has 1 atom stereocenters. The second kappa shape index (κ2) is 3.68. The Hall–Kier alpha value is -0.500. The molecular weight excluding hydrogens is 92.1 g/mol. The second-order valence-corrected chi connectivity index (χ2v) is 1.33. The first-order valence-corrected chi connectivity index (χ1v) is 2.18. The van der Waals surface area contributed by atoms with Gasteiger partial charge in [-0.3, -0.25) is 0 Å². The largest absolute Gasteiger partial charge is 0.516 e. The summed E-state index contributed by atoms with van der Waals surface area (Å²) in [7, 11) is 0. The van der Waals surface area contributed by atoms with Gasteiger partial charge < -0.3 is 9.84 Å². The zero-order valence-corrected chi connectivity index (χ0v) is 4.42. The third-order valence-corrected chi connectivity index (χ3v) is 0.500. The third-order valence-electron chi connectivity index (χ3n) is 0.500. The van der Waals surface area contributed by atoms with Crippen molar-refractivity contribution in [2.45, 2.75) is 13.0 Å². The van der Waals surface area contributed by atoms with Crippen LogP contribution in [0.2, 0.25) is 0 Å². The van der Waals surface area contributed by atoms with E-state index in [4.69, 9.17) is 9.84 Å². The molecule has 1 fully saturated rings. The average molecular weight is 102 g/mol. The molecule has 0 saturated carbocycles. The van der Waals surface area contributed by atoms with Gasteiger partial charge in [-0.25, -0.2) is 0 Å².